The minimum Gasteiger partial charge on any atom is -0.303 e. The Morgan fingerprint density at radius 1 is 1.00 bits per heavy atom. The maximum absolute atomic E-state index is 10.3. The summed E-state index contributed by atoms with van der Waals surface area (Å²) in [5.74, 6) is 0. The number of hydrogen-bond donors (Lipinski definition) is 0. The second-order valence-electron chi connectivity index (χ2n) is 3.89. The van der Waals surface area contributed by atoms with Crippen molar-refractivity contribution in [1.29, 1.82) is 0 Å². The van der Waals surface area contributed by atoms with Crippen LogP contribution < -0.4 is 0 Å². The highest BCUT2D eigenvalue weighted by atomic mass is 27.2. The van der Waals surface area contributed by atoms with Crippen LogP contribution in [0.3, 0.4) is 0 Å². The molecule has 13 heavy (non-hydrogen) atoms. The monoisotopic (exact) mass is 198 g/mol. The van der Waals surface area contributed by atoms with Gasteiger partial charge in [0, 0.05) is 0 Å². The fraction of sp³-hybridized carbons (Fsp3) is 0.909. The van der Waals surface area contributed by atoms with Gasteiger partial charge in [0.15, 0.2) is 0 Å². The second-order valence-corrected chi connectivity index (χ2v) is 7.36. The molecule has 0 aromatic heterocycles. The molecule has 0 fully saturated rings. The van der Waals surface area contributed by atoms with Crippen LogP contribution in [-0.2, 0) is 4.79 Å². The molecule has 0 amide bonds. The molecule has 0 saturated heterocycles. The summed E-state index contributed by atoms with van der Waals surface area (Å²) in [6.45, 7) is 4.51. The van der Waals surface area contributed by atoms with E-state index in [4.69, 9.17) is 0 Å². The molecule has 0 bridgehead atoms. The average molecular weight is 198 g/mol. The highest BCUT2D eigenvalue weighted by Gasteiger charge is 2.14. The first-order valence-electron chi connectivity index (χ1n) is 5.78. The number of aldehydes is 1. The van der Waals surface area contributed by atoms with Gasteiger partial charge in [-0.15, -0.1) is 0 Å². The summed E-state index contributed by atoms with van der Waals surface area (Å²) in [7, 11) is 0. The SMILES string of the molecule is CCC[CH2][Al]([CH2]CC=O)[CH2]CCC. The first-order valence-corrected chi connectivity index (χ1v) is 8.23. The van der Waals surface area contributed by atoms with Crippen molar-refractivity contribution in [3.8, 4) is 0 Å². The Balaban J connectivity index is 3.52. The highest BCUT2D eigenvalue weighted by molar-refractivity contribution is 6.58. The molecule has 0 heterocycles. The van der Waals surface area contributed by atoms with Crippen molar-refractivity contribution in [3.05, 3.63) is 0 Å². The third-order valence-corrected chi connectivity index (χ3v) is 6.22. The molecule has 76 valence electrons. The van der Waals surface area contributed by atoms with E-state index in [1.807, 2.05) is 0 Å². The molecule has 0 aromatic carbocycles. The molecular formula is C11H23AlO. The van der Waals surface area contributed by atoms with Crippen LogP contribution in [0, 0.1) is 0 Å². The Morgan fingerprint density at radius 2 is 1.54 bits per heavy atom. The van der Waals surface area contributed by atoms with Crippen LogP contribution in [0.2, 0.25) is 15.8 Å². The van der Waals surface area contributed by atoms with Crippen molar-refractivity contribution in [2.75, 3.05) is 0 Å². The number of rotatable bonds is 9. The maximum atomic E-state index is 10.3. The van der Waals surface area contributed by atoms with Gasteiger partial charge in [-0.05, 0) is 6.42 Å². The zero-order chi connectivity index (χ0) is 9.94. The van der Waals surface area contributed by atoms with Crippen LogP contribution in [0.4, 0.5) is 0 Å². The summed E-state index contributed by atoms with van der Waals surface area (Å²) in [5, 5.41) is 4.18. The van der Waals surface area contributed by atoms with Gasteiger partial charge in [0.05, 0.1) is 0 Å². The number of carbonyl (C=O) groups excluding carboxylic acids is 1. The Labute approximate surface area is 87.3 Å². The summed E-state index contributed by atoms with van der Waals surface area (Å²) in [5.41, 5.74) is 0. The van der Waals surface area contributed by atoms with Gasteiger partial charge in [-0.1, -0.05) is 55.4 Å². The van der Waals surface area contributed by atoms with Gasteiger partial charge in [0.1, 0.15) is 6.29 Å². The van der Waals surface area contributed by atoms with Crippen LogP contribution in [-0.4, -0.2) is 20.4 Å². The lowest BCUT2D eigenvalue weighted by atomic mass is 10.4. The Hall–Kier alpha value is 0.202. The standard InChI is InChI=1S/2C4H9.C3H5O.Al/c2*1-3-4-2;1-2-3-4;/h2*1,3-4H2,2H3;3H,1-2H2;. The quantitative estimate of drug-likeness (QED) is 0.408. The summed E-state index contributed by atoms with van der Waals surface area (Å²) in [6.07, 6.45) is 7.33. The fourth-order valence-corrected chi connectivity index (χ4v) is 5.17. The molecule has 2 heteroatoms. The van der Waals surface area contributed by atoms with Crippen molar-refractivity contribution in [2.45, 2.75) is 61.8 Å². The molecule has 0 saturated carbocycles. The lowest BCUT2D eigenvalue weighted by molar-refractivity contribution is -0.107. The Kier molecular flexibility index (Phi) is 10.4. The topological polar surface area (TPSA) is 17.1 Å². The molecule has 0 radical (unpaired) electrons. The van der Waals surface area contributed by atoms with E-state index < -0.39 is 14.1 Å². The molecule has 0 aromatic rings. The van der Waals surface area contributed by atoms with Crippen molar-refractivity contribution in [3.63, 3.8) is 0 Å². The van der Waals surface area contributed by atoms with E-state index in [2.05, 4.69) is 13.8 Å². The van der Waals surface area contributed by atoms with Crippen LogP contribution in [0.25, 0.3) is 0 Å². The van der Waals surface area contributed by atoms with Gasteiger partial charge in [-0.25, -0.2) is 0 Å². The molecule has 0 unspecified atom stereocenters. The van der Waals surface area contributed by atoms with E-state index in [1.54, 1.807) is 0 Å². The second kappa shape index (κ2) is 10.3. The first kappa shape index (κ1) is 13.2. The van der Waals surface area contributed by atoms with Gasteiger partial charge >= 0.3 is 0 Å². The van der Waals surface area contributed by atoms with E-state index >= 15 is 0 Å². The highest BCUT2D eigenvalue weighted by Crippen LogP contribution is 2.14. The third kappa shape index (κ3) is 8.53. The van der Waals surface area contributed by atoms with Crippen LogP contribution in [0.1, 0.15) is 46.0 Å². The first-order chi connectivity index (χ1) is 6.35. The van der Waals surface area contributed by atoms with E-state index in [-0.39, 0.29) is 0 Å². The lowest BCUT2D eigenvalue weighted by Crippen LogP contribution is -2.11. The third-order valence-electron chi connectivity index (χ3n) is 2.62. The predicted molar refractivity (Wildman–Crippen MR) is 60.7 cm³/mol. The molecular weight excluding hydrogens is 175 g/mol. The zero-order valence-electron chi connectivity index (χ0n) is 9.22. The molecule has 1 nitrogen and oxygen atoms in total. The van der Waals surface area contributed by atoms with Crippen molar-refractivity contribution in [2.24, 2.45) is 0 Å². The largest absolute Gasteiger partial charge is 0.303 e. The average Bonchev–Trinajstić information content (AvgIpc) is 2.17. The van der Waals surface area contributed by atoms with Crippen molar-refractivity contribution < 1.29 is 4.79 Å². The predicted octanol–water partition coefficient (Wildman–Crippen LogP) is 3.67. The minimum atomic E-state index is -0.518. The molecule has 0 N–H and O–H groups in total. The zero-order valence-corrected chi connectivity index (χ0v) is 10.4. The Morgan fingerprint density at radius 3 is 1.92 bits per heavy atom. The van der Waals surface area contributed by atoms with E-state index in [0.29, 0.717) is 0 Å². The summed E-state index contributed by atoms with van der Waals surface area (Å²) in [6, 6.07) is 0. The molecule has 0 rings (SSSR count). The van der Waals surface area contributed by atoms with Crippen LogP contribution in [0.15, 0.2) is 0 Å². The van der Waals surface area contributed by atoms with Crippen LogP contribution >= 0.6 is 0 Å². The van der Waals surface area contributed by atoms with E-state index in [1.165, 1.54) is 41.5 Å². The Bertz CT molecular complexity index is 107. The summed E-state index contributed by atoms with van der Waals surface area (Å²) < 4.78 is 0. The van der Waals surface area contributed by atoms with E-state index in [9.17, 15) is 4.79 Å². The van der Waals surface area contributed by atoms with Gasteiger partial charge in [0.2, 0.25) is 0 Å². The lowest BCUT2D eigenvalue weighted by Gasteiger charge is -2.08. The van der Waals surface area contributed by atoms with Gasteiger partial charge < -0.3 is 4.79 Å². The molecule has 0 spiro atoms. The fourth-order valence-electron chi connectivity index (χ4n) is 1.72. The normalized spacial score (nSPS) is 10.0. The molecule has 0 aliphatic heterocycles. The number of unbranched alkanes of at least 4 members (excludes halogenated alkanes) is 2. The minimum absolute atomic E-state index is 0.518. The van der Waals surface area contributed by atoms with E-state index in [0.717, 1.165) is 12.7 Å². The number of carbonyl (C=O) groups is 1. The molecule has 0 aliphatic rings. The van der Waals surface area contributed by atoms with Crippen molar-refractivity contribution in [1.82, 2.24) is 0 Å². The van der Waals surface area contributed by atoms with Crippen LogP contribution in [0.5, 0.6) is 0 Å². The maximum Gasteiger partial charge on any atom is 0.262 e. The van der Waals surface area contributed by atoms with Gasteiger partial charge in [0.25, 0.3) is 14.1 Å². The van der Waals surface area contributed by atoms with Gasteiger partial charge in [-0.2, -0.15) is 0 Å². The number of hydrogen-bond acceptors (Lipinski definition) is 1. The molecule has 0 atom stereocenters. The summed E-state index contributed by atoms with van der Waals surface area (Å²) >= 11 is -0.518. The summed E-state index contributed by atoms with van der Waals surface area (Å²) in [4.78, 5) is 10.3. The van der Waals surface area contributed by atoms with Crippen molar-refractivity contribution >= 4 is 20.4 Å². The smallest absolute Gasteiger partial charge is 0.262 e. The molecule has 0 aliphatic carbocycles. The van der Waals surface area contributed by atoms with Gasteiger partial charge in [-0.3, -0.25) is 0 Å².